The summed E-state index contributed by atoms with van der Waals surface area (Å²) in [7, 11) is 3.26. The van der Waals surface area contributed by atoms with Gasteiger partial charge < -0.3 is 9.47 Å². The highest BCUT2D eigenvalue weighted by Gasteiger charge is 2.06. The molecule has 0 unspecified atom stereocenters. The molecule has 19 heavy (non-hydrogen) atoms. The van der Waals surface area contributed by atoms with Crippen LogP contribution in [-0.4, -0.2) is 14.2 Å². The van der Waals surface area contributed by atoms with E-state index in [9.17, 15) is 0 Å². The molecule has 3 nitrogen and oxygen atoms in total. The number of methoxy groups -OCH3 is 2. The predicted molar refractivity (Wildman–Crippen MR) is 74.3 cm³/mol. The van der Waals surface area contributed by atoms with E-state index in [1.807, 2.05) is 42.5 Å². The summed E-state index contributed by atoms with van der Waals surface area (Å²) in [5.41, 5.74) is 3.00. The van der Waals surface area contributed by atoms with Gasteiger partial charge in [0.05, 0.1) is 26.7 Å². The Hall–Kier alpha value is -2.47. The van der Waals surface area contributed by atoms with Crippen molar-refractivity contribution in [2.75, 3.05) is 14.2 Å². The molecule has 0 aromatic heterocycles. The van der Waals surface area contributed by atoms with Gasteiger partial charge in [0, 0.05) is 5.56 Å². The minimum Gasteiger partial charge on any atom is -0.497 e. The summed E-state index contributed by atoms with van der Waals surface area (Å²) in [4.78, 5) is 0. The average molecular weight is 253 g/mol. The molecule has 3 heteroatoms. The minimum atomic E-state index is 0.334. The van der Waals surface area contributed by atoms with Crippen LogP contribution in [0.3, 0.4) is 0 Å². The van der Waals surface area contributed by atoms with E-state index >= 15 is 0 Å². The lowest BCUT2D eigenvalue weighted by Crippen LogP contribution is -1.92. The first-order valence-corrected chi connectivity index (χ1v) is 5.96. The highest BCUT2D eigenvalue weighted by atomic mass is 16.5. The number of hydrogen-bond acceptors (Lipinski definition) is 3. The first kappa shape index (κ1) is 13.0. The van der Waals surface area contributed by atoms with Crippen molar-refractivity contribution in [2.45, 2.75) is 6.42 Å². The third-order valence-corrected chi connectivity index (χ3v) is 2.95. The lowest BCUT2D eigenvalue weighted by atomic mass is 10.0. The molecule has 0 fully saturated rings. The molecule has 0 N–H and O–H groups in total. The molecule has 0 radical (unpaired) electrons. The molecule has 0 amide bonds. The summed E-state index contributed by atoms with van der Waals surface area (Å²) in [6.07, 6.45) is 0.334. The Bertz CT molecular complexity index is 614. The molecule has 0 spiro atoms. The molecule has 0 bridgehead atoms. The summed E-state index contributed by atoms with van der Waals surface area (Å²) >= 11 is 0. The summed E-state index contributed by atoms with van der Waals surface area (Å²) in [6, 6.07) is 15.8. The first-order chi connectivity index (χ1) is 9.28. The van der Waals surface area contributed by atoms with Gasteiger partial charge in [0.15, 0.2) is 0 Å². The normalized spacial score (nSPS) is 9.74. The van der Waals surface area contributed by atoms with Crippen molar-refractivity contribution < 1.29 is 9.47 Å². The van der Waals surface area contributed by atoms with E-state index in [0.717, 1.165) is 28.2 Å². The van der Waals surface area contributed by atoms with Crippen molar-refractivity contribution >= 4 is 0 Å². The van der Waals surface area contributed by atoms with Gasteiger partial charge in [-0.15, -0.1) is 0 Å². The van der Waals surface area contributed by atoms with Crippen LogP contribution in [0.15, 0.2) is 42.5 Å². The maximum Gasteiger partial charge on any atom is 0.123 e. The van der Waals surface area contributed by atoms with E-state index in [2.05, 4.69) is 6.07 Å². The summed E-state index contributed by atoms with van der Waals surface area (Å²) in [6.45, 7) is 0. The highest BCUT2D eigenvalue weighted by Crippen LogP contribution is 2.28. The van der Waals surface area contributed by atoms with Gasteiger partial charge in [-0.3, -0.25) is 0 Å². The Labute approximate surface area is 113 Å². The standard InChI is InChI=1S/C16H15NO2/c1-18-15-5-3-4-12(11-15)13-6-7-16(19-2)14(10-13)8-9-17/h3-7,10-11H,8H2,1-2H3. The highest BCUT2D eigenvalue weighted by molar-refractivity contribution is 5.67. The second kappa shape index (κ2) is 5.92. The zero-order valence-corrected chi connectivity index (χ0v) is 11.0. The second-order valence-electron chi connectivity index (χ2n) is 4.09. The Balaban J connectivity index is 2.44. The molecule has 96 valence electrons. The predicted octanol–water partition coefficient (Wildman–Crippen LogP) is 3.44. The van der Waals surface area contributed by atoms with Crippen molar-refractivity contribution in [3.05, 3.63) is 48.0 Å². The molecule has 2 aromatic rings. The Kier molecular flexibility index (Phi) is 4.04. The Morgan fingerprint density at radius 1 is 1.00 bits per heavy atom. The minimum absolute atomic E-state index is 0.334. The van der Waals surface area contributed by atoms with Crippen LogP contribution in [0.25, 0.3) is 11.1 Å². The van der Waals surface area contributed by atoms with Crippen LogP contribution in [0.1, 0.15) is 5.56 Å². The topological polar surface area (TPSA) is 42.2 Å². The van der Waals surface area contributed by atoms with Gasteiger partial charge in [0.25, 0.3) is 0 Å². The van der Waals surface area contributed by atoms with Gasteiger partial charge in [-0.2, -0.15) is 5.26 Å². The zero-order valence-electron chi connectivity index (χ0n) is 11.0. The maximum absolute atomic E-state index is 8.86. The van der Waals surface area contributed by atoms with E-state index in [1.54, 1.807) is 14.2 Å². The lowest BCUT2D eigenvalue weighted by molar-refractivity contribution is 0.411. The monoisotopic (exact) mass is 253 g/mol. The molecule has 0 atom stereocenters. The van der Waals surface area contributed by atoms with Gasteiger partial charge in [-0.1, -0.05) is 18.2 Å². The van der Waals surface area contributed by atoms with Crippen LogP contribution < -0.4 is 9.47 Å². The van der Waals surface area contributed by atoms with Crippen LogP contribution >= 0.6 is 0 Å². The molecule has 0 saturated carbocycles. The van der Waals surface area contributed by atoms with E-state index in [1.165, 1.54) is 0 Å². The lowest BCUT2D eigenvalue weighted by Gasteiger charge is -2.09. The molecule has 0 saturated heterocycles. The van der Waals surface area contributed by atoms with E-state index in [0.29, 0.717) is 6.42 Å². The van der Waals surface area contributed by atoms with Gasteiger partial charge >= 0.3 is 0 Å². The van der Waals surface area contributed by atoms with Crippen molar-refractivity contribution in [1.29, 1.82) is 5.26 Å². The Morgan fingerprint density at radius 3 is 2.47 bits per heavy atom. The number of hydrogen-bond donors (Lipinski definition) is 0. The van der Waals surface area contributed by atoms with Crippen LogP contribution in [0, 0.1) is 11.3 Å². The maximum atomic E-state index is 8.86. The first-order valence-electron chi connectivity index (χ1n) is 5.96. The molecule has 0 aliphatic carbocycles. The van der Waals surface area contributed by atoms with Gasteiger partial charge in [0.1, 0.15) is 11.5 Å². The molecule has 0 aliphatic rings. The number of nitrogens with zero attached hydrogens (tertiary/aromatic N) is 1. The van der Waals surface area contributed by atoms with E-state index in [4.69, 9.17) is 14.7 Å². The fourth-order valence-electron chi connectivity index (χ4n) is 1.98. The number of nitriles is 1. The van der Waals surface area contributed by atoms with Crippen molar-refractivity contribution in [2.24, 2.45) is 0 Å². The van der Waals surface area contributed by atoms with Crippen LogP contribution in [0.2, 0.25) is 0 Å². The quantitative estimate of drug-likeness (QED) is 0.838. The van der Waals surface area contributed by atoms with E-state index in [-0.39, 0.29) is 0 Å². The SMILES string of the molecule is COc1cccc(-c2ccc(OC)c(CC#N)c2)c1. The second-order valence-corrected chi connectivity index (χ2v) is 4.09. The van der Waals surface area contributed by atoms with Crippen LogP contribution in [-0.2, 0) is 6.42 Å². The largest absolute Gasteiger partial charge is 0.497 e. The molecule has 2 rings (SSSR count). The number of rotatable bonds is 4. The van der Waals surface area contributed by atoms with Gasteiger partial charge in [-0.05, 0) is 35.4 Å². The average Bonchev–Trinajstić information content (AvgIpc) is 2.47. The number of ether oxygens (including phenoxy) is 2. The molecular formula is C16H15NO2. The van der Waals surface area contributed by atoms with Gasteiger partial charge in [0.2, 0.25) is 0 Å². The van der Waals surface area contributed by atoms with Crippen molar-refractivity contribution in [3.8, 4) is 28.7 Å². The Morgan fingerprint density at radius 2 is 1.79 bits per heavy atom. The van der Waals surface area contributed by atoms with Crippen molar-refractivity contribution in [3.63, 3.8) is 0 Å². The van der Waals surface area contributed by atoms with Gasteiger partial charge in [-0.25, -0.2) is 0 Å². The zero-order chi connectivity index (χ0) is 13.7. The summed E-state index contributed by atoms with van der Waals surface area (Å²) in [5.74, 6) is 1.56. The number of benzene rings is 2. The fraction of sp³-hybridized carbons (Fsp3) is 0.188. The van der Waals surface area contributed by atoms with E-state index < -0.39 is 0 Å². The third-order valence-electron chi connectivity index (χ3n) is 2.95. The molecule has 0 heterocycles. The summed E-state index contributed by atoms with van der Waals surface area (Å²) < 4.78 is 10.5. The fourth-order valence-corrected chi connectivity index (χ4v) is 1.98. The molecule has 2 aromatic carbocycles. The summed E-state index contributed by atoms with van der Waals surface area (Å²) in [5, 5.41) is 8.86. The molecular weight excluding hydrogens is 238 g/mol. The smallest absolute Gasteiger partial charge is 0.123 e. The molecule has 0 aliphatic heterocycles. The third kappa shape index (κ3) is 2.86. The van der Waals surface area contributed by atoms with Crippen LogP contribution in [0.5, 0.6) is 11.5 Å². The van der Waals surface area contributed by atoms with Crippen molar-refractivity contribution in [1.82, 2.24) is 0 Å². The van der Waals surface area contributed by atoms with Crippen LogP contribution in [0.4, 0.5) is 0 Å².